The third-order valence-electron chi connectivity index (χ3n) is 2.45. The zero-order valence-corrected chi connectivity index (χ0v) is 10.2. The third-order valence-corrected chi connectivity index (χ3v) is 2.95. The Hall–Kier alpha value is -1.79. The van der Waals surface area contributed by atoms with E-state index in [2.05, 4.69) is 9.24 Å². The quantitative estimate of drug-likeness (QED) is 0.470. The van der Waals surface area contributed by atoms with Crippen molar-refractivity contribution in [3.05, 3.63) is 65.7 Å². The van der Waals surface area contributed by atoms with Gasteiger partial charge in [-0.1, -0.05) is 54.6 Å². The molecule has 2 aromatic carbocycles. The summed E-state index contributed by atoms with van der Waals surface area (Å²) < 4.78 is 0. The van der Waals surface area contributed by atoms with Crippen molar-refractivity contribution in [3.8, 4) is 0 Å². The van der Waals surface area contributed by atoms with E-state index < -0.39 is 11.6 Å². The fourth-order valence-corrected chi connectivity index (χ4v) is 1.89. The number of carbonyl (C=O) groups is 2. The van der Waals surface area contributed by atoms with Gasteiger partial charge in [-0.2, -0.15) is 0 Å². The van der Waals surface area contributed by atoms with Gasteiger partial charge in [-0.05, 0) is 5.30 Å². The maximum Gasteiger partial charge on any atom is 0.234 e. The lowest BCUT2D eigenvalue weighted by Crippen LogP contribution is -2.19. The van der Waals surface area contributed by atoms with Crippen molar-refractivity contribution in [3.63, 3.8) is 0 Å². The van der Waals surface area contributed by atoms with Gasteiger partial charge >= 0.3 is 0 Å². The maximum atomic E-state index is 12.0. The standard InChI is InChI=1S/C14H11O2P/c15-13(10-6-2-1-3-7-10)14(16)11-8-4-5-9-12(11)17/h1-9H,17H2. The molecule has 0 aliphatic heterocycles. The predicted octanol–water partition coefficient (Wildman–Crippen LogP) is 2.25. The van der Waals surface area contributed by atoms with E-state index in [4.69, 9.17) is 0 Å². The molecule has 2 aromatic rings. The summed E-state index contributed by atoms with van der Waals surface area (Å²) in [6, 6.07) is 15.6. The number of rotatable bonds is 3. The van der Waals surface area contributed by atoms with Crippen LogP contribution in [0.5, 0.6) is 0 Å². The molecule has 2 nitrogen and oxygen atoms in total. The predicted molar refractivity (Wildman–Crippen MR) is 70.9 cm³/mol. The highest BCUT2D eigenvalue weighted by Crippen LogP contribution is 2.08. The lowest BCUT2D eigenvalue weighted by atomic mass is 10.0. The van der Waals surface area contributed by atoms with Gasteiger partial charge in [0.25, 0.3) is 0 Å². The van der Waals surface area contributed by atoms with Crippen LogP contribution in [0, 0.1) is 0 Å². The number of hydrogen-bond acceptors (Lipinski definition) is 2. The van der Waals surface area contributed by atoms with Crippen LogP contribution in [0.2, 0.25) is 0 Å². The average molecular weight is 242 g/mol. The summed E-state index contributed by atoms with van der Waals surface area (Å²) in [5.41, 5.74) is 0.858. The zero-order chi connectivity index (χ0) is 12.3. The van der Waals surface area contributed by atoms with Crippen LogP contribution in [-0.2, 0) is 0 Å². The van der Waals surface area contributed by atoms with E-state index in [1.165, 1.54) is 0 Å². The first kappa shape index (κ1) is 11.7. The molecule has 0 aliphatic rings. The average Bonchev–Trinajstić information content (AvgIpc) is 2.39. The number of Topliss-reactive ketones (excluding diaryl/α,β-unsaturated/α-hetero) is 2. The summed E-state index contributed by atoms with van der Waals surface area (Å²) in [5, 5.41) is 0.738. The van der Waals surface area contributed by atoms with Crippen LogP contribution in [-0.4, -0.2) is 11.6 Å². The van der Waals surface area contributed by atoms with Gasteiger partial charge in [0.1, 0.15) is 0 Å². The molecule has 2 rings (SSSR count). The Labute approximate surface area is 102 Å². The number of carbonyl (C=O) groups excluding carboxylic acids is 2. The summed E-state index contributed by atoms with van der Waals surface area (Å²) in [6.45, 7) is 0. The van der Waals surface area contributed by atoms with Crippen LogP contribution >= 0.6 is 9.24 Å². The minimum atomic E-state index is -0.472. The van der Waals surface area contributed by atoms with Gasteiger partial charge in [0.2, 0.25) is 11.6 Å². The first-order chi connectivity index (χ1) is 8.20. The van der Waals surface area contributed by atoms with Crippen molar-refractivity contribution in [2.75, 3.05) is 0 Å². The molecule has 17 heavy (non-hydrogen) atoms. The third kappa shape index (κ3) is 2.48. The molecule has 0 fully saturated rings. The fraction of sp³-hybridized carbons (Fsp3) is 0. The zero-order valence-electron chi connectivity index (χ0n) is 9.09. The van der Waals surface area contributed by atoms with E-state index in [0.29, 0.717) is 11.1 Å². The molecule has 0 saturated carbocycles. The summed E-state index contributed by atoms with van der Waals surface area (Å²) in [6.07, 6.45) is 0. The van der Waals surface area contributed by atoms with Crippen molar-refractivity contribution in [2.45, 2.75) is 0 Å². The second-order valence-electron chi connectivity index (χ2n) is 3.61. The first-order valence-corrected chi connectivity index (χ1v) is 5.76. The van der Waals surface area contributed by atoms with E-state index in [1.807, 2.05) is 12.1 Å². The van der Waals surface area contributed by atoms with E-state index in [0.717, 1.165) is 5.30 Å². The molecule has 84 valence electrons. The Morgan fingerprint density at radius 2 is 1.35 bits per heavy atom. The van der Waals surface area contributed by atoms with Gasteiger partial charge in [-0.25, -0.2) is 0 Å². The minimum Gasteiger partial charge on any atom is -0.285 e. The second-order valence-corrected chi connectivity index (χ2v) is 4.23. The molecule has 0 heterocycles. The maximum absolute atomic E-state index is 12.0. The van der Waals surface area contributed by atoms with Gasteiger partial charge in [0, 0.05) is 11.1 Å². The molecule has 0 spiro atoms. The molecule has 0 saturated heterocycles. The Balaban J connectivity index is 2.34. The summed E-state index contributed by atoms with van der Waals surface area (Å²) >= 11 is 0. The van der Waals surface area contributed by atoms with Gasteiger partial charge in [0.15, 0.2) is 0 Å². The van der Waals surface area contributed by atoms with Crippen LogP contribution in [0.4, 0.5) is 0 Å². The highest BCUT2D eigenvalue weighted by atomic mass is 31.0. The van der Waals surface area contributed by atoms with Crippen LogP contribution in [0.3, 0.4) is 0 Å². The van der Waals surface area contributed by atoms with Crippen molar-refractivity contribution >= 4 is 26.1 Å². The van der Waals surface area contributed by atoms with Gasteiger partial charge in [-0.3, -0.25) is 9.59 Å². The molecule has 1 unspecified atom stereocenters. The normalized spacial score (nSPS) is 9.94. The summed E-state index contributed by atoms with van der Waals surface area (Å²) in [7, 11) is 2.46. The lowest BCUT2D eigenvalue weighted by Gasteiger charge is -2.03. The topological polar surface area (TPSA) is 34.1 Å². The molecule has 0 N–H and O–H groups in total. The molecule has 1 atom stereocenters. The molecular formula is C14H11O2P. The van der Waals surface area contributed by atoms with Crippen LogP contribution in [0.1, 0.15) is 20.7 Å². The largest absolute Gasteiger partial charge is 0.285 e. The monoisotopic (exact) mass is 242 g/mol. The van der Waals surface area contributed by atoms with Crippen LogP contribution < -0.4 is 5.30 Å². The van der Waals surface area contributed by atoms with Crippen LogP contribution in [0.25, 0.3) is 0 Å². The number of ketones is 2. The van der Waals surface area contributed by atoms with E-state index in [9.17, 15) is 9.59 Å². The second kappa shape index (κ2) is 5.03. The van der Waals surface area contributed by atoms with Crippen molar-refractivity contribution < 1.29 is 9.59 Å². The first-order valence-electron chi connectivity index (χ1n) is 5.18. The van der Waals surface area contributed by atoms with E-state index >= 15 is 0 Å². The Kier molecular flexibility index (Phi) is 3.46. The van der Waals surface area contributed by atoms with Crippen molar-refractivity contribution in [1.82, 2.24) is 0 Å². The van der Waals surface area contributed by atoms with Crippen LogP contribution in [0.15, 0.2) is 54.6 Å². The van der Waals surface area contributed by atoms with Gasteiger partial charge < -0.3 is 0 Å². The molecule has 0 aromatic heterocycles. The summed E-state index contributed by atoms with van der Waals surface area (Å²) in [5.74, 6) is -0.942. The lowest BCUT2D eigenvalue weighted by molar-refractivity contribution is 0.0817. The minimum absolute atomic E-state index is 0.422. The van der Waals surface area contributed by atoms with Crippen molar-refractivity contribution in [1.29, 1.82) is 0 Å². The summed E-state index contributed by atoms with van der Waals surface area (Å²) in [4.78, 5) is 23.9. The highest BCUT2D eigenvalue weighted by molar-refractivity contribution is 7.27. The van der Waals surface area contributed by atoms with E-state index in [1.54, 1.807) is 42.5 Å². The van der Waals surface area contributed by atoms with Gasteiger partial charge in [0.05, 0.1) is 0 Å². The Bertz CT molecular complexity index is 561. The van der Waals surface area contributed by atoms with Crippen molar-refractivity contribution in [2.24, 2.45) is 0 Å². The Morgan fingerprint density at radius 3 is 2.00 bits per heavy atom. The Morgan fingerprint density at radius 1 is 0.765 bits per heavy atom. The number of hydrogen-bond donors (Lipinski definition) is 0. The number of benzene rings is 2. The SMILES string of the molecule is O=C(C(=O)c1ccccc1P)c1ccccc1. The molecule has 0 bridgehead atoms. The smallest absolute Gasteiger partial charge is 0.234 e. The van der Waals surface area contributed by atoms with E-state index in [-0.39, 0.29) is 0 Å². The highest BCUT2D eigenvalue weighted by Gasteiger charge is 2.19. The van der Waals surface area contributed by atoms with Gasteiger partial charge in [-0.15, -0.1) is 9.24 Å². The molecular weight excluding hydrogens is 231 g/mol. The molecule has 0 amide bonds. The molecule has 0 radical (unpaired) electrons. The fourth-order valence-electron chi connectivity index (χ4n) is 1.55. The molecule has 0 aliphatic carbocycles. The molecule has 3 heteroatoms.